The molecular formula is C17H26FN3. The predicted octanol–water partition coefficient (Wildman–Crippen LogP) is 2.16. The van der Waals surface area contributed by atoms with E-state index in [1.54, 1.807) is 6.07 Å². The Morgan fingerprint density at radius 2 is 1.95 bits per heavy atom. The van der Waals surface area contributed by atoms with Crippen molar-refractivity contribution in [3.63, 3.8) is 0 Å². The molecule has 116 valence electrons. The van der Waals surface area contributed by atoms with Crippen LogP contribution in [0.15, 0.2) is 18.2 Å². The van der Waals surface area contributed by atoms with E-state index >= 15 is 0 Å². The van der Waals surface area contributed by atoms with E-state index in [9.17, 15) is 4.39 Å². The SMILES string of the molecule is Cc1ccc(F)c(C(CN)N2CCN(CC3CC3)CC2)c1. The number of piperazine rings is 1. The Morgan fingerprint density at radius 3 is 2.57 bits per heavy atom. The third-order valence-corrected chi connectivity index (χ3v) is 4.79. The zero-order chi connectivity index (χ0) is 14.8. The van der Waals surface area contributed by atoms with Crippen molar-refractivity contribution in [2.45, 2.75) is 25.8 Å². The standard InChI is InChI=1S/C17H26FN3/c1-13-2-5-16(18)15(10-13)17(11-19)21-8-6-20(7-9-21)12-14-3-4-14/h2,5,10,14,17H,3-4,6-9,11-12,19H2,1H3. The molecule has 1 saturated heterocycles. The van der Waals surface area contributed by atoms with Crippen molar-refractivity contribution in [1.29, 1.82) is 0 Å². The van der Waals surface area contributed by atoms with Gasteiger partial charge in [-0.25, -0.2) is 4.39 Å². The Kier molecular flexibility index (Phi) is 4.57. The smallest absolute Gasteiger partial charge is 0.128 e. The molecule has 1 saturated carbocycles. The van der Waals surface area contributed by atoms with Gasteiger partial charge >= 0.3 is 0 Å². The van der Waals surface area contributed by atoms with E-state index in [0.29, 0.717) is 6.54 Å². The van der Waals surface area contributed by atoms with Crippen LogP contribution in [-0.2, 0) is 0 Å². The summed E-state index contributed by atoms with van der Waals surface area (Å²) < 4.78 is 14.1. The van der Waals surface area contributed by atoms with E-state index in [-0.39, 0.29) is 11.9 Å². The fourth-order valence-electron chi connectivity index (χ4n) is 3.31. The average Bonchev–Trinajstić information content (AvgIpc) is 3.29. The molecule has 1 aliphatic heterocycles. The first-order valence-electron chi connectivity index (χ1n) is 8.10. The van der Waals surface area contributed by atoms with E-state index in [4.69, 9.17) is 5.73 Å². The van der Waals surface area contributed by atoms with E-state index in [1.807, 2.05) is 19.1 Å². The van der Waals surface area contributed by atoms with Crippen LogP contribution in [-0.4, -0.2) is 49.1 Å². The summed E-state index contributed by atoms with van der Waals surface area (Å²) in [6.45, 7) is 7.87. The number of nitrogens with two attached hydrogens (primary N) is 1. The van der Waals surface area contributed by atoms with Gasteiger partial charge in [-0.3, -0.25) is 4.90 Å². The Labute approximate surface area is 126 Å². The van der Waals surface area contributed by atoms with Crippen LogP contribution in [0, 0.1) is 18.7 Å². The third-order valence-electron chi connectivity index (χ3n) is 4.79. The summed E-state index contributed by atoms with van der Waals surface area (Å²) in [5, 5.41) is 0. The topological polar surface area (TPSA) is 32.5 Å². The summed E-state index contributed by atoms with van der Waals surface area (Å²) in [7, 11) is 0. The maximum absolute atomic E-state index is 14.1. The first-order chi connectivity index (χ1) is 10.2. The summed E-state index contributed by atoms with van der Waals surface area (Å²) in [6, 6.07) is 5.34. The first-order valence-corrected chi connectivity index (χ1v) is 8.10. The van der Waals surface area contributed by atoms with E-state index in [1.165, 1.54) is 19.4 Å². The molecule has 1 heterocycles. The van der Waals surface area contributed by atoms with Crippen LogP contribution in [0.2, 0.25) is 0 Å². The Morgan fingerprint density at radius 1 is 1.24 bits per heavy atom. The predicted molar refractivity (Wildman–Crippen MR) is 83.7 cm³/mol. The second-order valence-electron chi connectivity index (χ2n) is 6.56. The molecule has 4 heteroatoms. The summed E-state index contributed by atoms with van der Waals surface area (Å²) in [4.78, 5) is 4.90. The van der Waals surface area contributed by atoms with Crippen LogP contribution in [0.3, 0.4) is 0 Å². The van der Waals surface area contributed by atoms with Crippen LogP contribution in [0.1, 0.15) is 30.0 Å². The van der Waals surface area contributed by atoms with Crippen LogP contribution in [0.4, 0.5) is 4.39 Å². The lowest BCUT2D eigenvalue weighted by atomic mass is 10.0. The number of benzene rings is 1. The van der Waals surface area contributed by atoms with E-state index in [2.05, 4.69) is 9.80 Å². The fraction of sp³-hybridized carbons (Fsp3) is 0.647. The van der Waals surface area contributed by atoms with Crippen LogP contribution in [0.25, 0.3) is 0 Å². The minimum Gasteiger partial charge on any atom is -0.329 e. The van der Waals surface area contributed by atoms with Gasteiger partial charge in [-0.2, -0.15) is 0 Å². The molecule has 0 spiro atoms. The van der Waals surface area contributed by atoms with Crippen molar-refractivity contribution in [2.75, 3.05) is 39.3 Å². The van der Waals surface area contributed by atoms with Gasteiger partial charge in [0, 0.05) is 44.8 Å². The maximum atomic E-state index is 14.1. The van der Waals surface area contributed by atoms with Crippen molar-refractivity contribution in [3.8, 4) is 0 Å². The molecule has 21 heavy (non-hydrogen) atoms. The molecule has 0 radical (unpaired) electrons. The second kappa shape index (κ2) is 6.42. The summed E-state index contributed by atoms with van der Waals surface area (Å²) in [5.74, 6) is 0.813. The fourth-order valence-corrected chi connectivity index (χ4v) is 3.31. The van der Waals surface area contributed by atoms with Crippen molar-refractivity contribution in [3.05, 3.63) is 35.1 Å². The van der Waals surface area contributed by atoms with Crippen LogP contribution >= 0.6 is 0 Å². The van der Waals surface area contributed by atoms with Crippen LogP contribution < -0.4 is 5.73 Å². The van der Waals surface area contributed by atoms with Gasteiger partial charge < -0.3 is 10.6 Å². The van der Waals surface area contributed by atoms with Gasteiger partial charge in [-0.1, -0.05) is 17.7 Å². The van der Waals surface area contributed by atoms with Gasteiger partial charge in [0.05, 0.1) is 6.04 Å². The van der Waals surface area contributed by atoms with Crippen molar-refractivity contribution in [1.82, 2.24) is 9.80 Å². The lowest BCUT2D eigenvalue weighted by molar-refractivity contribution is 0.0942. The van der Waals surface area contributed by atoms with Gasteiger partial charge in [-0.05, 0) is 31.7 Å². The Bertz CT molecular complexity index is 479. The average molecular weight is 291 g/mol. The molecule has 1 aromatic carbocycles. The normalized spacial score (nSPS) is 22.4. The Hall–Kier alpha value is -0.970. The molecule has 2 fully saturated rings. The number of aryl methyl sites for hydroxylation is 1. The van der Waals surface area contributed by atoms with Gasteiger partial charge in [0.1, 0.15) is 5.82 Å². The minimum atomic E-state index is -0.128. The molecule has 0 amide bonds. The molecule has 1 aliphatic carbocycles. The molecule has 1 unspecified atom stereocenters. The monoisotopic (exact) mass is 291 g/mol. The molecule has 1 aromatic rings. The minimum absolute atomic E-state index is 0.00738. The first kappa shape index (κ1) is 14.9. The van der Waals surface area contributed by atoms with Crippen molar-refractivity contribution >= 4 is 0 Å². The number of nitrogens with zero attached hydrogens (tertiary/aromatic N) is 2. The highest BCUT2D eigenvalue weighted by Crippen LogP contribution is 2.31. The quantitative estimate of drug-likeness (QED) is 0.902. The highest BCUT2D eigenvalue weighted by Gasteiger charge is 2.29. The third kappa shape index (κ3) is 3.62. The number of rotatable bonds is 5. The molecular weight excluding hydrogens is 265 g/mol. The molecule has 1 atom stereocenters. The lowest BCUT2D eigenvalue weighted by Crippen LogP contribution is -2.49. The maximum Gasteiger partial charge on any atom is 0.128 e. The largest absolute Gasteiger partial charge is 0.329 e. The number of halogens is 1. The number of hydrogen-bond acceptors (Lipinski definition) is 3. The van der Waals surface area contributed by atoms with Gasteiger partial charge in [0.2, 0.25) is 0 Å². The van der Waals surface area contributed by atoms with E-state index in [0.717, 1.165) is 43.2 Å². The molecule has 0 aromatic heterocycles. The summed E-state index contributed by atoms with van der Waals surface area (Å²) in [6.07, 6.45) is 2.81. The highest BCUT2D eigenvalue weighted by atomic mass is 19.1. The second-order valence-corrected chi connectivity index (χ2v) is 6.56. The molecule has 2 aliphatic rings. The number of hydrogen-bond donors (Lipinski definition) is 1. The molecule has 3 rings (SSSR count). The van der Waals surface area contributed by atoms with Gasteiger partial charge in [0.15, 0.2) is 0 Å². The summed E-state index contributed by atoms with van der Waals surface area (Å²) in [5.41, 5.74) is 7.81. The van der Waals surface area contributed by atoms with E-state index < -0.39 is 0 Å². The zero-order valence-corrected chi connectivity index (χ0v) is 12.9. The molecule has 2 N–H and O–H groups in total. The lowest BCUT2D eigenvalue weighted by Gasteiger charge is -2.39. The van der Waals surface area contributed by atoms with Gasteiger partial charge in [0.25, 0.3) is 0 Å². The van der Waals surface area contributed by atoms with Crippen molar-refractivity contribution < 1.29 is 4.39 Å². The summed E-state index contributed by atoms with van der Waals surface area (Å²) >= 11 is 0. The molecule has 3 nitrogen and oxygen atoms in total. The molecule has 0 bridgehead atoms. The Balaban J connectivity index is 1.65. The van der Waals surface area contributed by atoms with Gasteiger partial charge in [-0.15, -0.1) is 0 Å². The highest BCUT2D eigenvalue weighted by molar-refractivity contribution is 5.27. The zero-order valence-electron chi connectivity index (χ0n) is 12.9. The van der Waals surface area contributed by atoms with Crippen LogP contribution in [0.5, 0.6) is 0 Å². The van der Waals surface area contributed by atoms with Crippen molar-refractivity contribution in [2.24, 2.45) is 11.7 Å².